The number of nitrogens with zero attached hydrogens (tertiary/aromatic N) is 1. The van der Waals surface area contributed by atoms with Crippen molar-refractivity contribution in [3.8, 4) is 0 Å². The molecule has 20 heavy (non-hydrogen) atoms. The summed E-state index contributed by atoms with van der Waals surface area (Å²) in [5.74, 6) is 1.48. The fourth-order valence-corrected chi connectivity index (χ4v) is 3.78. The van der Waals surface area contributed by atoms with E-state index in [4.69, 9.17) is 0 Å². The first-order valence-corrected chi connectivity index (χ1v) is 8.19. The number of piperazine rings is 1. The van der Waals surface area contributed by atoms with Gasteiger partial charge in [-0.05, 0) is 57.3 Å². The van der Waals surface area contributed by atoms with Gasteiger partial charge in [-0.3, -0.25) is 9.59 Å². The molecule has 112 valence electrons. The summed E-state index contributed by atoms with van der Waals surface area (Å²) >= 11 is 0. The molecular formula is C16H26N2O2. The molecule has 1 saturated heterocycles. The third-order valence-corrected chi connectivity index (χ3v) is 5.54. The molecule has 2 saturated carbocycles. The van der Waals surface area contributed by atoms with Crippen molar-refractivity contribution in [1.29, 1.82) is 0 Å². The van der Waals surface area contributed by atoms with E-state index in [9.17, 15) is 9.59 Å². The summed E-state index contributed by atoms with van der Waals surface area (Å²) in [7, 11) is 0. The lowest BCUT2D eigenvalue weighted by atomic mass is 9.85. The number of hydrogen-bond donors (Lipinski definition) is 1. The van der Waals surface area contributed by atoms with E-state index in [1.54, 1.807) is 0 Å². The van der Waals surface area contributed by atoms with Crippen LogP contribution in [-0.2, 0) is 9.59 Å². The zero-order chi connectivity index (χ0) is 14.5. The fraction of sp³-hybridized carbons (Fsp3) is 0.875. The minimum atomic E-state index is -0.661. The molecule has 1 aliphatic heterocycles. The second-order valence-electron chi connectivity index (χ2n) is 6.83. The summed E-state index contributed by atoms with van der Waals surface area (Å²) in [6, 6.07) is 0.0148. The van der Waals surface area contributed by atoms with Gasteiger partial charge < -0.3 is 10.2 Å². The van der Waals surface area contributed by atoms with Crippen molar-refractivity contribution >= 4 is 11.8 Å². The van der Waals surface area contributed by atoms with Crippen molar-refractivity contribution < 1.29 is 9.59 Å². The molecule has 3 aliphatic rings. The lowest BCUT2D eigenvalue weighted by Gasteiger charge is -2.48. The van der Waals surface area contributed by atoms with Gasteiger partial charge in [0.2, 0.25) is 11.8 Å². The highest BCUT2D eigenvalue weighted by molar-refractivity contribution is 5.99. The van der Waals surface area contributed by atoms with Crippen molar-refractivity contribution in [3.05, 3.63) is 0 Å². The summed E-state index contributed by atoms with van der Waals surface area (Å²) < 4.78 is 0. The van der Waals surface area contributed by atoms with Crippen LogP contribution in [0.25, 0.3) is 0 Å². The molecular weight excluding hydrogens is 252 g/mol. The van der Waals surface area contributed by atoms with E-state index in [0.29, 0.717) is 30.7 Å². The van der Waals surface area contributed by atoms with E-state index in [0.717, 1.165) is 0 Å². The van der Waals surface area contributed by atoms with Crippen LogP contribution >= 0.6 is 0 Å². The van der Waals surface area contributed by atoms with Crippen LogP contribution in [0, 0.1) is 11.8 Å². The largest absolute Gasteiger partial charge is 0.340 e. The Balaban J connectivity index is 1.93. The standard InChI is InChI=1S/C16H26N2O2/c1-4-16(5-2)15(20)18(10(3)14(19)17-16)13(11-6-7-11)12-8-9-12/h10-13H,4-9H2,1-3H3,(H,17,19). The Kier molecular flexibility index (Phi) is 3.30. The summed E-state index contributed by atoms with van der Waals surface area (Å²) in [6.45, 7) is 5.89. The summed E-state index contributed by atoms with van der Waals surface area (Å²) in [5.41, 5.74) is -0.661. The highest BCUT2D eigenvalue weighted by atomic mass is 16.2. The van der Waals surface area contributed by atoms with Crippen molar-refractivity contribution in [2.24, 2.45) is 11.8 Å². The Hall–Kier alpha value is -1.06. The molecule has 4 nitrogen and oxygen atoms in total. The van der Waals surface area contributed by atoms with E-state index in [1.165, 1.54) is 25.7 Å². The Bertz CT molecular complexity index is 410. The van der Waals surface area contributed by atoms with Gasteiger partial charge >= 0.3 is 0 Å². The topological polar surface area (TPSA) is 49.4 Å². The highest BCUT2D eigenvalue weighted by Crippen LogP contribution is 2.48. The first-order valence-electron chi connectivity index (χ1n) is 8.19. The molecule has 4 heteroatoms. The van der Waals surface area contributed by atoms with E-state index in [2.05, 4.69) is 5.32 Å². The maximum Gasteiger partial charge on any atom is 0.249 e. The van der Waals surface area contributed by atoms with Crippen molar-refractivity contribution in [3.63, 3.8) is 0 Å². The van der Waals surface area contributed by atoms with Crippen molar-refractivity contribution in [1.82, 2.24) is 10.2 Å². The van der Waals surface area contributed by atoms with Gasteiger partial charge in [0, 0.05) is 6.04 Å². The minimum Gasteiger partial charge on any atom is -0.340 e. The summed E-state index contributed by atoms with van der Waals surface area (Å²) in [5, 5.41) is 3.00. The highest BCUT2D eigenvalue weighted by Gasteiger charge is 2.55. The van der Waals surface area contributed by atoms with E-state index in [-0.39, 0.29) is 17.9 Å². The van der Waals surface area contributed by atoms with Crippen LogP contribution in [0.5, 0.6) is 0 Å². The van der Waals surface area contributed by atoms with Crippen LogP contribution in [0.2, 0.25) is 0 Å². The molecule has 0 spiro atoms. The summed E-state index contributed by atoms with van der Waals surface area (Å²) in [4.78, 5) is 27.4. The molecule has 3 rings (SSSR count). The van der Waals surface area contributed by atoms with Gasteiger partial charge in [0.1, 0.15) is 11.6 Å². The normalized spacial score (nSPS) is 29.8. The van der Waals surface area contributed by atoms with Crippen LogP contribution in [-0.4, -0.2) is 34.3 Å². The molecule has 1 atom stereocenters. The molecule has 1 heterocycles. The van der Waals surface area contributed by atoms with Crippen LogP contribution in [0.3, 0.4) is 0 Å². The Morgan fingerprint density at radius 3 is 2.05 bits per heavy atom. The molecule has 2 amide bonds. The van der Waals surface area contributed by atoms with Crippen LogP contribution in [0.1, 0.15) is 59.3 Å². The van der Waals surface area contributed by atoms with Gasteiger partial charge in [-0.15, -0.1) is 0 Å². The second kappa shape index (κ2) is 4.74. The molecule has 2 aliphatic carbocycles. The average molecular weight is 278 g/mol. The monoisotopic (exact) mass is 278 g/mol. The van der Waals surface area contributed by atoms with Crippen molar-refractivity contribution in [2.45, 2.75) is 76.9 Å². The number of nitrogens with one attached hydrogen (secondary N) is 1. The lowest BCUT2D eigenvalue weighted by Crippen LogP contribution is -2.71. The maximum atomic E-state index is 13.1. The second-order valence-corrected chi connectivity index (χ2v) is 6.83. The third kappa shape index (κ3) is 2.04. The molecule has 1 unspecified atom stereocenters. The Labute approximate surface area is 121 Å². The predicted octanol–water partition coefficient (Wildman–Crippen LogP) is 2.08. The molecule has 1 N–H and O–H groups in total. The van der Waals surface area contributed by atoms with Gasteiger partial charge in [0.05, 0.1) is 0 Å². The summed E-state index contributed by atoms with van der Waals surface area (Å²) in [6.07, 6.45) is 6.27. The van der Waals surface area contributed by atoms with Crippen LogP contribution in [0.4, 0.5) is 0 Å². The number of rotatable bonds is 5. The molecule has 0 aromatic heterocycles. The SMILES string of the molecule is CCC1(CC)NC(=O)C(C)N(C(C2CC2)C2CC2)C1=O. The molecule has 0 radical (unpaired) electrons. The number of hydrogen-bond acceptors (Lipinski definition) is 2. The first-order chi connectivity index (χ1) is 9.54. The molecule has 0 bridgehead atoms. The maximum absolute atomic E-state index is 13.1. The number of carbonyl (C=O) groups excluding carboxylic acids is 2. The fourth-order valence-electron chi connectivity index (χ4n) is 3.78. The minimum absolute atomic E-state index is 0.0274. The van der Waals surface area contributed by atoms with Gasteiger partial charge in [-0.2, -0.15) is 0 Å². The average Bonchev–Trinajstić information content (AvgIpc) is 3.32. The van der Waals surface area contributed by atoms with E-state index in [1.807, 2.05) is 25.7 Å². The van der Waals surface area contributed by atoms with E-state index < -0.39 is 5.54 Å². The van der Waals surface area contributed by atoms with Crippen LogP contribution in [0.15, 0.2) is 0 Å². The third-order valence-electron chi connectivity index (χ3n) is 5.54. The zero-order valence-electron chi connectivity index (χ0n) is 12.8. The van der Waals surface area contributed by atoms with Gasteiger partial charge in [0.15, 0.2) is 0 Å². The zero-order valence-corrected chi connectivity index (χ0v) is 12.8. The van der Waals surface area contributed by atoms with Crippen LogP contribution < -0.4 is 5.32 Å². The Morgan fingerprint density at radius 2 is 1.65 bits per heavy atom. The molecule has 0 aromatic carbocycles. The van der Waals surface area contributed by atoms with Gasteiger partial charge in [-0.1, -0.05) is 13.8 Å². The lowest BCUT2D eigenvalue weighted by molar-refractivity contribution is -0.159. The van der Waals surface area contributed by atoms with E-state index >= 15 is 0 Å². The van der Waals surface area contributed by atoms with Gasteiger partial charge in [-0.25, -0.2) is 0 Å². The number of amides is 2. The quantitative estimate of drug-likeness (QED) is 0.837. The molecule has 0 aromatic rings. The first kappa shape index (κ1) is 13.9. The molecule has 3 fully saturated rings. The smallest absolute Gasteiger partial charge is 0.249 e. The van der Waals surface area contributed by atoms with Crippen molar-refractivity contribution in [2.75, 3.05) is 0 Å². The number of carbonyl (C=O) groups is 2. The van der Waals surface area contributed by atoms with Gasteiger partial charge in [0.25, 0.3) is 0 Å². The predicted molar refractivity (Wildman–Crippen MR) is 77.0 cm³/mol. The Morgan fingerprint density at radius 1 is 1.15 bits per heavy atom.